The Balaban J connectivity index is 3.53. The second-order valence-electron chi connectivity index (χ2n) is 11.6. The molecular formula is C30H51N3O5. The van der Waals surface area contributed by atoms with Crippen LogP contribution in [0.4, 0.5) is 4.79 Å². The smallest absolute Gasteiger partial charge is 0.408 e. The third-order valence-electron chi connectivity index (χ3n) is 6.46. The van der Waals surface area contributed by atoms with Crippen LogP contribution in [0, 0.1) is 12.8 Å². The van der Waals surface area contributed by atoms with Crippen LogP contribution < -0.4 is 10.6 Å². The molecule has 0 spiro atoms. The van der Waals surface area contributed by atoms with E-state index in [0.717, 1.165) is 32.1 Å². The summed E-state index contributed by atoms with van der Waals surface area (Å²) in [4.78, 5) is 42.2. The maximum Gasteiger partial charge on any atom is 0.408 e. The standard InChI is InChI=1S/C30H51N3O5/c1-10-12-13-14-15-18-33(28(36)25(21(5)11-2)32-29(37)38-30(7,8)9)26(27(35)31-20(3)4)23-16-17-24(34)22(6)19-23/h16-17,19-21,25-26,34H,10-15,18H2,1-9H3,(H,31,35)(H,32,37). The van der Waals surface area contributed by atoms with E-state index in [1.807, 2.05) is 27.7 Å². The number of unbranched alkanes of at least 4 members (excludes halogenated alkanes) is 4. The van der Waals surface area contributed by atoms with Gasteiger partial charge in [0.25, 0.3) is 0 Å². The lowest BCUT2D eigenvalue weighted by Crippen LogP contribution is -2.55. The van der Waals surface area contributed by atoms with Crippen LogP contribution in [0.3, 0.4) is 0 Å². The zero-order valence-corrected chi connectivity index (χ0v) is 25.0. The molecule has 0 radical (unpaired) electrons. The summed E-state index contributed by atoms with van der Waals surface area (Å²) < 4.78 is 5.46. The number of hydrogen-bond donors (Lipinski definition) is 3. The van der Waals surface area contributed by atoms with Crippen molar-refractivity contribution in [3.05, 3.63) is 29.3 Å². The quantitative estimate of drug-likeness (QED) is 0.254. The van der Waals surface area contributed by atoms with Crippen LogP contribution in [0.15, 0.2) is 18.2 Å². The second kappa shape index (κ2) is 15.6. The summed E-state index contributed by atoms with van der Waals surface area (Å²) in [5, 5.41) is 15.9. The van der Waals surface area contributed by atoms with Gasteiger partial charge in [-0.2, -0.15) is 0 Å². The molecule has 0 aromatic heterocycles. The van der Waals surface area contributed by atoms with E-state index >= 15 is 0 Å². The highest BCUT2D eigenvalue weighted by Gasteiger charge is 2.38. The average molecular weight is 534 g/mol. The molecular weight excluding hydrogens is 482 g/mol. The highest BCUT2D eigenvalue weighted by atomic mass is 16.6. The topological polar surface area (TPSA) is 108 Å². The van der Waals surface area contributed by atoms with Crippen molar-refractivity contribution < 1.29 is 24.2 Å². The van der Waals surface area contributed by atoms with Gasteiger partial charge in [0.15, 0.2) is 0 Å². The van der Waals surface area contributed by atoms with Crippen molar-refractivity contribution in [3.8, 4) is 5.75 Å². The normalized spacial score (nSPS) is 13.9. The maximum absolute atomic E-state index is 14.2. The molecule has 3 amide bonds. The monoisotopic (exact) mass is 533 g/mol. The average Bonchev–Trinajstić information content (AvgIpc) is 2.81. The molecule has 0 aliphatic heterocycles. The van der Waals surface area contributed by atoms with Crippen molar-refractivity contribution in [2.75, 3.05) is 6.54 Å². The van der Waals surface area contributed by atoms with Gasteiger partial charge in [0.1, 0.15) is 23.4 Å². The van der Waals surface area contributed by atoms with Crippen molar-refractivity contribution in [1.82, 2.24) is 15.5 Å². The highest BCUT2D eigenvalue weighted by molar-refractivity contribution is 5.92. The molecule has 8 nitrogen and oxygen atoms in total. The van der Waals surface area contributed by atoms with Gasteiger partial charge in [0.2, 0.25) is 11.8 Å². The molecule has 216 valence electrons. The minimum Gasteiger partial charge on any atom is -0.508 e. The molecule has 0 fully saturated rings. The minimum atomic E-state index is -0.914. The zero-order chi connectivity index (χ0) is 29.0. The van der Waals surface area contributed by atoms with Gasteiger partial charge in [0, 0.05) is 12.6 Å². The number of alkyl carbamates (subject to hydrolysis) is 1. The van der Waals surface area contributed by atoms with Crippen molar-refractivity contribution >= 4 is 17.9 Å². The van der Waals surface area contributed by atoms with E-state index in [0.29, 0.717) is 24.1 Å². The Morgan fingerprint density at radius 3 is 2.16 bits per heavy atom. The van der Waals surface area contributed by atoms with Crippen molar-refractivity contribution in [1.29, 1.82) is 0 Å². The summed E-state index contributed by atoms with van der Waals surface area (Å²) >= 11 is 0. The Morgan fingerprint density at radius 1 is 1.00 bits per heavy atom. The van der Waals surface area contributed by atoms with Crippen LogP contribution in [0.25, 0.3) is 0 Å². The Morgan fingerprint density at radius 2 is 1.63 bits per heavy atom. The van der Waals surface area contributed by atoms with Crippen molar-refractivity contribution in [3.63, 3.8) is 0 Å². The fourth-order valence-electron chi connectivity index (χ4n) is 4.23. The number of nitrogens with one attached hydrogen (secondary N) is 2. The summed E-state index contributed by atoms with van der Waals surface area (Å²) in [5.74, 6) is -0.686. The van der Waals surface area contributed by atoms with E-state index in [-0.39, 0.29) is 29.5 Å². The summed E-state index contributed by atoms with van der Waals surface area (Å²) in [6.45, 7) is 17.2. The third kappa shape index (κ3) is 10.9. The van der Waals surface area contributed by atoms with E-state index in [1.165, 1.54) is 0 Å². The molecule has 0 heterocycles. The fourth-order valence-corrected chi connectivity index (χ4v) is 4.23. The number of aryl methyl sites for hydroxylation is 1. The summed E-state index contributed by atoms with van der Waals surface area (Å²) in [6, 6.07) is 3.08. The minimum absolute atomic E-state index is 0.123. The summed E-state index contributed by atoms with van der Waals surface area (Å²) in [5.41, 5.74) is 0.515. The van der Waals surface area contributed by atoms with Crippen molar-refractivity contribution in [2.24, 2.45) is 5.92 Å². The van der Waals surface area contributed by atoms with E-state index in [2.05, 4.69) is 17.6 Å². The lowest BCUT2D eigenvalue weighted by atomic mass is 9.95. The summed E-state index contributed by atoms with van der Waals surface area (Å²) in [6.07, 6.45) is 4.90. The molecule has 0 bridgehead atoms. The number of ether oxygens (including phenoxy) is 1. The molecule has 1 rings (SSSR count). The number of aromatic hydroxyl groups is 1. The zero-order valence-electron chi connectivity index (χ0n) is 25.0. The molecule has 8 heteroatoms. The Kier molecular flexibility index (Phi) is 13.6. The second-order valence-corrected chi connectivity index (χ2v) is 11.6. The van der Waals surface area contributed by atoms with Crippen LogP contribution in [-0.2, 0) is 14.3 Å². The van der Waals surface area contributed by atoms with Crippen LogP contribution in [0.5, 0.6) is 5.75 Å². The number of benzene rings is 1. The first kappa shape index (κ1) is 33.3. The van der Waals surface area contributed by atoms with Gasteiger partial charge < -0.3 is 25.4 Å². The number of carbonyl (C=O) groups is 3. The van der Waals surface area contributed by atoms with Gasteiger partial charge in [0.05, 0.1) is 0 Å². The van der Waals surface area contributed by atoms with Crippen LogP contribution in [0.1, 0.15) is 111 Å². The van der Waals surface area contributed by atoms with Gasteiger partial charge in [-0.15, -0.1) is 0 Å². The van der Waals surface area contributed by atoms with E-state index < -0.39 is 23.8 Å². The van der Waals surface area contributed by atoms with Gasteiger partial charge in [-0.3, -0.25) is 9.59 Å². The molecule has 0 saturated carbocycles. The van der Waals surface area contributed by atoms with E-state index in [4.69, 9.17) is 4.74 Å². The van der Waals surface area contributed by atoms with Gasteiger partial charge >= 0.3 is 6.09 Å². The molecule has 3 N–H and O–H groups in total. The van der Waals surface area contributed by atoms with Crippen LogP contribution >= 0.6 is 0 Å². The Labute approximate surface area is 229 Å². The molecule has 1 aromatic carbocycles. The van der Waals surface area contributed by atoms with Crippen molar-refractivity contribution in [2.45, 2.75) is 125 Å². The van der Waals surface area contributed by atoms with E-state index in [9.17, 15) is 19.5 Å². The van der Waals surface area contributed by atoms with Crippen LogP contribution in [-0.4, -0.2) is 52.1 Å². The predicted molar refractivity (Wildman–Crippen MR) is 152 cm³/mol. The van der Waals surface area contributed by atoms with Crippen LogP contribution in [0.2, 0.25) is 0 Å². The predicted octanol–water partition coefficient (Wildman–Crippen LogP) is 6.00. The maximum atomic E-state index is 14.2. The first-order valence-corrected chi connectivity index (χ1v) is 14.1. The number of nitrogens with zero attached hydrogens (tertiary/aromatic N) is 1. The Hall–Kier alpha value is -2.77. The van der Waals surface area contributed by atoms with Gasteiger partial charge in [-0.1, -0.05) is 58.9 Å². The largest absolute Gasteiger partial charge is 0.508 e. The first-order chi connectivity index (χ1) is 17.7. The SMILES string of the molecule is CCCCCCCN(C(=O)C(NC(=O)OC(C)(C)C)C(C)CC)C(C(=O)NC(C)C)c1ccc(O)c(C)c1. The van der Waals surface area contributed by atoms with Gasteiger partial charge in [-0.05, 0) is 77.1 Å². The lowest BCUT2D eigenvalue weighted by Gasteiger charge is -2.36. The number of rotatable bonds is 14. The highest BCUT2D eigenvalue weighted by Crippen LogP contribution is 2.29. The molecule has 1 aromatic rings. The number of phenols is 1. The van der Waals surface area contributed by atoms with Gasteiger partial charge in [-0.25, -0.2) is 4.79 Å². The molecule has 0 aliphatic carbocycles. The molecule has 0 saturated heterocycles. The molecule has 3 atom stereocenters. The number of hydrogen-bond acceptors (Lipinski definition) is 5. The fraction of sp³-hybridized carbons (Fsp3) is 0.700. The molecule has 3 unspecified atom stereocenters. The number of amides is 3. The number of phenolic OH excluding ortho intramolecular Hbond substituents is 1. The summed E-state index contributed by atoms with van der Waals surface area (Å²) in [7, 11) is 0. The first-order valence-electron chi connectivity index (χ1n) is 14.1. The Bertz CT molecular complexity index is 910. The number of carbonyl (C=O) groups excluding carboxylic acids is 3. The van der Waals surface area contributed by atoms with E-state index in [1.54, 1.807) is 50.8 Å². The molecule has 38 heavy (non-hydrogen) atoms. The molecule has 0 aliphatic rings. The third-order valence-corrected chi connectivity index (χ3v) is 6.46. The lowest BCUT2D eigenvalue weighted by molar-refractivity contribution is -0.143.